The van der Waals surface area contributed by atoms with Gasteiger partial charge in [-0.25, -0.2) is 4.39 Å². The monoisotopic (exact) mass is 480 g/mol. The maximum absolute atomic E-state index is 13.7. The van der Waals surface area contributed by atoms with Crippen LogP contribution >= 0.6 is 0 Å². The van der Waals surface area contributed by atoms with Crippen LogP contribution in [0.4, 0.5) is 4.39 Å². The molecule has 7 nitrogen and oxygen atoms in total. The molecule has 0 saturated carbocycles. The van der Waals surface area contributed by atoms with Crippen molar-refractivity contribution >= 4 is 22.7 Å². The molecule has 1 aliphatic rings. The zero-order valence-electron chi connectivity index (χ0n) is 20.1. The molecule has 0 radical (unpaired) electrons. The third-order valence-electron chi connectivity index (χ3n) is 6.45. The predicted octanol–water partition coefficient (Wildman–Crippen LogP) is 4.89. The molecule has 0 fully saturated rings. The molecule has 0 spiro atoms. The van der Waals surface area contributed by atoms with Crippen molar-refractivity contribution in [1.29, 1.82) is 0 Å². The highest BCUT2D eigenvalue weighted by Crippen LogP contribution is 2.40. The predicted molar refractivity (Wildman–Crippen MR) is 130 cm³/mol. The van der Waals surface area contributed by atoms with Gasteiger partial charge in [0, 0.05) is 11.9 Å². The molecule has 1 aromatic heterocycles. The Balaban J connectivity index is 1.71. The van der Waals surface area contributed by atoms with Crippen molar-refractivity contribution in [3.8, 4) is 5.75 Å². The number of carbonyl (C=O) groups is 2. The molecule has 1 amide bonds. The van der Waals surface area contributed by atoms with Gasteiger partial charge in [0.05, 0.1) is 18.7 Å². The summed E-state index contributed by atoms with van der Waals surface area (Å²) in [6.45, 7) is 6.99. The molecule has 0 aliphatic carbocycles. The number of nitrogens with zero attached hydrogens (tertiary/aromatic N) is 2. The fraction of sp³-hybridized carbons (Fsp3) is 0.333. The smallest absolute Gasteiger partial charge is 0.290 e. The summed E-state index contributed by atoms with van der Waals surface area (Å²) >= 11 is 0. The number of rotatable bonds is 10. The number of para-hydroxylation sites is 1. The number of benzene rings is 2. The highest BCUT2D eigenvalue weighted by molar-refractivity contribution is 6.16. The van der Waals surface area contributed by atoms with Crippen molar-refractivity contribution in [3.63, 3.8) is 0 Å². The largest absolute Gasteiger partial charge is 0.503 e. The van der Waals surface area contributed by atoms with E-state index in [1.807, 2.05) is 0 Å². The van der Waals surface area contributed by atoms with Crippen LogP contribution < -0.4 is 4.74 Å². The molecule has 2 heterocycles. The average Bonchev–Trinajstić information content (AvgIpc) is 3.41. The number of ether oxygens (including phenoxy) is 1. The third kappa shape index (κ3) is 4.66. The first-order valence-corrected chi connectivity index (χ1v) is 11.7. The Morgan fingerprint density at radius 1 is 1.17 bits per heavy atom. The van der Waals surface area contributed by atoms with Gasteiger partial charge in [0.1, 0.15) is 5.82 Å². The van der Waals surface area contributed by atoms with E-state index in [1.165, 1.54) is 36.3 Å². The summed E-state index contributed by atoms with van der Waals surface area (Å²) in [6, 6.07) is 11.6. The number of halogens is 1. The number of furan rings is 1. The van der Waals surface area contributed by atoms with Crippen molar-refractivity contribution in [2.75, 3.05) is 33.3 Å². The Morgan fingerprint density at radius 3 is 2.54 bits per heavy atom. The summed E-state index contributed by atoms with van der Waals surface area (Å²) < 4.78 is 24.8. The van der Waals surface area contributed by atoms with Gasteiger partial charge in [-0.05, 0) is 55.9 Å². The number of amides is 1. The van der Waals surface area contributed by atoms with E-state index in [0.29, 0.717) is 35.2 Å². The van der Waals surface area contributed by atoms with Crippen LogP contribution in [-0.4, -0.2) is 59.9 Å². The van der Waals surface area contributed by atoms with Gasteiger partial charge in [-0.2, -0.15) is 0 Å². The quantitative estimate of drug-likeness (QED) is 0.416. The van der Waals surface area contributed by atoms with E-state index in [1.54, 1.807) is 24.3 Å². The van der Waals surface area contributed by atoms with Crippen LogP contribution in [0.1, 0.15) is 42.4 Å². The third-order valence-corrected chi connectivity index (χ3v) is 6.45. The fourth-order valence-electron chi connectivity index (χ4n) is 4.55. The van der Waals surface area contributed by atoms with Crippen LogP contribution in [0.3, 0.4) is 0 Å². The lowest BCUT2D eigenvalue weighted by molar-refractivity contribution is -0.129. The number of hydrogen-bond acceptors (Lipinski definition) is 6. The molecule has 0 unspecified atom stereocenters. The van der Waals surface area contributed by atoms with Crippen molar-refractivity contribution in [3.05, 3.63) is 77.0 Å². The lowest BCUT2D eigenvalue weighted by Gasteiger charge is -2.28. The van der Waals surface area contributed by atoms with E-state index in [2.05, 4.69) is 18.7 Å². The Bertz CT molecular complexity index is 1260. The van der Waals surface area contributed by atoms with Crippen molar-refractivity contribution in [2.45, 2.75) is 26.3 Å². The molecular weight excluding hydrogens is 451 g/mol. The van der Waals surface area contributed by atoms with Gasteiger partial charge in [0.2, 0.25) is 5.78 Å². The van der Waals surface area contributed by atoms with Gasteiger partial charge in [0.25, 0.3) is 5.91 Å². The molecule has 4 rings (SSSR count). The minimum atomic E-state index is -0.859. The number of aliphatic hydroxyl groups excluding tert-OH is 1. The van der Waals surface area contributed by atoms with Crippen LogP contribution in [0.25, 0.3) is 11.0 Å². The first-order valence-electron chi connectivity index (χ1n) is 11.7. The SMILES string of the molecule is CCN(CC)CCCN1C(=O)C(O)=C(C(=O)c2cc3cccc(OC)c3o2)[C@H]1c1ccc(F)cc1. The summed E-state index contributed by atoms with van der Waals surface area (Å²) in [4.78, 5) is 30.5. The van der Waals surface area contributed by atoms with Crippen LogP contribution in [-0.2, 0) is 4.79 Å². The Hall–Kier alpha value is -3.65. The summed E-state index contributed by atoms with van der Waals surface area (Å²) in [5.74, 6) is -1.83. The Morgan fingerprint density at radius 2 is 1.89 bits per heavy atom. The first-order chi connectivity index (χ1) is 16.9. The van der Waals surface area contributed by atoms with Gasteiger partial charge in [-0.1, -0.05) is 38.1 Å². The molecule has 3 aromatic rings. The minimum absolute atomic E-state index is 0.0176. The van der Waals surface area contributed by atoms with Crippen molar-refractivity contribution < 1.29 is 28.2 Å². The molecule has 0 saturated heterocycles. The summed E-state index contributed by atoms with van der Waals surface area (Å²) in [5, 5.41) is 11.5. The molecule has 1 N–H and O–H groups in total. The summed E-state index contributed by atoms with van der Waals surface area (Å²) in [5.41, 5.74) is 0.850. The molecular formula is C27H29FN2O5. The van der Waals surface area contributed by atoms with Gasteiger partial charge in [-0.15, -0.1) is 0 Å². The van der Waals surface area contributed by atoms with Gasteiger partial charge < -0.3 is 24.1 Å². The zero-order valence-corrected chi connectivity index (χ0v) is 20.1. The van der Waals surface area contributed by atoms with E-state index in [4.69, 9.17) is 9.15 Å². The molecule has 8 heteroatoms. The lowest BCUT2D eigenvalue weighted by atomic mass is 9.95. The average molecular weight is 481 g/mol. The van der Waals surface area contributed by atoms with Crippen molar-refractivity contribution in [1.82, 2.24) is 9.80 Å². The molecule has 35 heavy (non-hydrogen) atoms. The van der Waals surface area contributed by atoms with Crippen LogP contribution in [0.5, 0.6) is 5.75 Å². The van der Waals surface area contributed by atoms with Crippen LogP contribution in [0.15, 0.2) is 64.3 Å². The highest BCUT2D eigenvalue weighted by Gasteiger charge is 2.44. The molecule has 1 atom stereocenters. The van der Waals surface area contributed by atoms with Gasteiger partial charge in [0.15, 0.2) is 22.9 Å². The molecule has 0 bridgehead atoms. The Kier molecular flexibility index (Phi) is 7.21. The second-order valence-corrected chi connectivity index (χ2v) is 8.41. The number of aliphatic hydroxyl groups is 1. The summed E-state index contributed by atoms with van der Waals surface area (Å²) in [7, 11) is 1.50. The van der Waals surface area contributed by atoms with Crippen LogP contribution in [0.2, 0.25) is 0 Å². The second kappa shape index (κ2) is 10.3. The van der Waals surface area contributed by atoms with Crippen LogP contribution in [0, 0.1) is 5.82 Å². The number of ketones is 1. The van der Waals surface area contributed by atoms with E-state index < -0.39 is 29.3 Å². The van der Waals surface area contributed by atoms with Gasteiger partial charge >= 0.3 is 0 Å². The first kappa shape index (κ1) is 24.5. The lowest BCUT2D eigenvalue weighted by Crippen LogP contribution is -2.34. The number of methoxy groups -OCH3 is 1. The Labute approximate surface area is 203 Å². The highest BCUT2D eigenvalue weighted by atomic mass is 19.1. The van der Waals surface area contributed by atoms with E-state index >= 15 is 0 Å². The maximum atomic E-state index is 13.7. The van der Waals surface area contributed by atoms with E-state index in [9.17, 15) is 19.1 Å². The normalized spacial score (nSPS) is 16.1. The maximum Gasteiger partial charge on any atom is 0.290 e. The number of Topliss-reactive ketones (excluding diaryl/α,β-unsaturated/α-hetero) is 1. The number of carbonyl (C=O) groups excluding carboxylic acids is 2. The van der Waals surface area contributed by atoms with Crippen molar-refractivity contribution in [2.24, 2.45) is 0 Å². The second-order valence-electron chi connectivity index (χ2n) is 8.41. The number of hydrogen-bond donors (Lipinski definition) is 1. The van der Waals surface area contributed by atoms with Gasteiger partial charge in [-0.3, -0.25) is 9.59 Å². The standard InChI is InChI=1S/C27H29FN2O5/c1-4-29(5-2)14-7-15-30-23(17-10-12-19(28)13-11-17)22(25(32)27(30)33)24(31)21-16-18-8-6-9-20(34-3)26(18)35-21/h6,8-13,16,23,32H,4-5,7,14-15H2,1-3H3/t23-/m1/s1. The fourth-order valence-corrected chi connectivity index (χ4v) is 4.55. The molecule has 1 aliphatic heterocycles. The zero-order chi connectivity index (χ0) is 25.1. The number of fused-ring (bicyclic) bond motifs is 1. The minimum Gasteiger partial charge on any atom is -0.503 e. The molecule has 184 valence electrons. The summed E-state index contributed by atoms with van der Waals surface area (Å²) in [6.07, 6.45) is 0.654. The van der Waals surface area contributed by atoms with E-state index in [0.717, 1.165) is 19.6 Å². The van der Waals surface area contributed by atoms with E-state index in [-0.39, 0.29) is 11.3 Å². The topological polar surface area (TPSA) is 83.2 Å². The molecule has 2 aromatic carbocycles.